The molecule has 0 aromatic heterocycles. The number of hydrogen-bond acceptors (Lipinski definition) is 4. The van der Waals surface area contributed by atoms with Crippen LogP contribution in [0.5, 0.6) is 5.75 Å². The number of methoxy groups -OCH3 is 1. The molecule has 6 heteroatoms. The summed E-state index contributed by atoms with van der Waals surface area (Å²) in [5, 5.41) is 2.54. The van der Waals surface area contributed by atoms with Crippen LogP contribution in [0.3, 0.4) is 0 Å². The number of aryl methyl sites for hydroxylation is 2. The number of carbonyl (C=O) groups excluding carboxylic acids is 2. The van der Waals surface area contributed by atoms with E-state index in [0.29, 0.717) is 18.8 Å². The first-order valence-electron chi connectivity index (χ1n) is 6.71. The van der Waals surface area contributed by atoms with E-state index in [0.717, 1.165) is 11.1 Å². The molecular weight excluding hydrogens is 272 g/mol. The molecule has 0 heterocycles. The highest BCUT2D eigenvalue weighted by atomic mass is 16.5. The molecule has 6 nitrogen and oxygen atoms in total. The summed E-state index contributed by atoms with van der Waals surface area (Å²) in [5.41, 5.74) is 7.22. The first-order valence-corrected chi connectivity index (χ1v) is 6.71. The van der Waals surface area contributed by atoms with Crippen molar-refractivity contribution in [3.05, 3.63) is 29.3 Å². The lowest BCUT2D eigenvalue weighted by Crippen LogP contribution is -2.46. The summed E-state index contributed by atoms with van der Waals surface area (Å²) in [4.78, 5) is 23.0. The molecule has 0 spiro atoms. The van der Waals surface area contributed by atoms with Crippen LogP contribution in [0.2, 0.25) is 0 Å². The Labute approximate surface area is 124 Å². The second-order valence-corrected chi connectivity index (χ2v) is 4.86. The molecule has 1 rings (SSSR count). The minimum atomic E-state index is -0.750. The number of amides is 2. The monoisotopic (exact) mass is 294 g/mol. The molecule has 21 heavy (non-hydrogen) atoms. The number of nitrogens with one attached hydrogen (secondary N) is 1. The van der Waals surface area contributed by atoms with Crippen molar-refractivity contribution in [2.75, 3.05) is 20.3 Å². The molecule has 0 aliphatic carbocycles. The maximum absolute atomic E-state index is 11.8. The predicted octanol–water partition coefficient (Wildman–Crippen LogP) is 0.689. The van der Waals surface area contributed by atoms with Crippen LogP contribution in [0.25, 0.3) is 0 Å². The molecule has 1 unspecified atom stereocenters. The van der Waals surface area contributed by atoms with E-state index in [1.54, 1.807) is 0 Å². The fraction of sp³-hybridized carbons (Fsp3) is 0.467. The van der Waals surface area contributed by atoms with Crippen LogP contribution in [0.15, 0.2) is 18.2 Å². The third-order valence-electron chi connectivity index (χ3n) is 2.99. The van der Waals surface area contributed by atoms with Crippen molar-refractivity contribution >= 4 is 11.8 Å². The van der Waals surface area contributed by atoms with Gasteiger partial charge < -0.3 is 20.5 Å². The molecule has 0 saturated carbocycles. The number of hydrogen-bond donors (Lipinski definition) is 2. The summed E-state index contributed by atoms with van der Waals surface area (Å²) >= 11 is 0. The molecule has 0 aliphatic heterocycles. The fourth-order valence-electron chi connectivity index (χ4n) is 1.76. The van der Waals surface area contributed by atoms with Crippen LogP contribution >= 0.6 is 0 Å². The number of ether oxygens (including phenoxy) is 2. The summed E-state index contributed by atoms with van der Waals surface area (Å²) in [6, 6.07) is 5.00. The van der Waals surface area contributed by atoms with E-state index >= 15 is 0 Å². The molecule has 1 aromatic rings. The Kier molecular flexibility index (Phi) is 6.68. The summed E-state index contributed by atoms with van der Waals surface area (Å²) in [7, 11) is 1.52. The molecule has 0 fully saturated rings. The zero-order chi connectivity index (χ0) is 15.8. The van der Waals surface area contributed by atoms with Crippen LogP contribution in [-0.4, -0.2) is 38.2 Å². The van der Waals surface area contributed by atoms with Gasteiger partial charge in [-0.25, -0.2) is 0 Å². The number of primary amides is 1. The van der Waals surface area contributed by atoms with Crippen molar-refractivity contribution in [3.63, 3.8) is 0 Å². The van der Waals surface area contributed by atoms with Gasteiger partial charge in [-0.15, -0.1) is 0 Å². The summed E-state index contributed by atoms with van der Waals surface area (Å²) in [5.74, 6) is -0.333. The van der Waals surface area contributed by atoms with Crippen molar-refractivity contribution in [3.8, 4) is 5.75 Å². The van der Waals surface area contributed by atoms with Gasteiger partial charge in [-0.05, 0) is 37.5 Å². The van der Waals surface area contributed by atoms with E-state index in [1.807, 2.05) is 32.0 Å². The maximum atomic E-state index is 11.8. The first kappa shape index (κ1) is 17.0. The molecule has 0 radical (unpaired) electrons. The zero-order valence-corrected chi connectivity index (χ0v) is 12.6. The van der Waals surface area contributed by atoms with E-state index in [9.17, 15) is 9.59 Å². The van der Waals surface area contributed by atoms with Crippen LogP contribution in [0.1, 0.15) is 17.5 Å². The normalized spacial score (nSPS) is 11.8. The number of rotatable bonds is 8. The fourth-order valence-corrected chi connectivity index (χ4v) is 1.76. The second kappa shape index (κ2) is 8.26. The molecule has 0 aliphatic rings. The lowest BCUT2D eigenvalue weighted by Gasteiger charge is -2.16. The smallest absolute Gasteiger partial charge is 0.258 e. The summed E-state index contributed by atoms with van der Waals surface area (Å²) in [6.07, 6.45) is 0.334. The topological polar surface area (TPSA) is 90.7 Å². The van der Waals surface area contributed by atoms with E-state index in [1.165, 1.54) is 7.11 Å². The highest BCUT2D eigenvalue weighted by Gasteiger charge is 2.18. The minimum Gasteiger partial charge on any atom is -0.483 e. The number of nitrogens with two attached hydrogens (primary N) is 1. The Morgan fingerprint density at radius 1 is 1.33 bits per heavy atom. The Morgan fingerprint density at radius 3 is 2.67 bits per heavy atom. The number of benzene rings is 1. The van der Waals surface area contributed by atoms with Crippen molar-refractivity contribution in [2.45, 2.75) is 26.3 Å². The van der Waals surface area contributed by atoms with Gasteiger partial charge in [0.05, 0.1) is 0 Å². The van der Waals surface area contributed by atoms with Gasteiger partial charge in [0.25, 0.3) is 5.91 Å². The number of carbonyl (C=O) groups is 2. The lowest BCUT2D eigenvalue weighted by atomic mass is 10.1. The van der Waals surface area contributed by atoms with Gasteiger partial charge >= 0.3 is 0 Å². The SMILES string of the molecule is COCCC(NC(=O)COc1cc(C)ccc1C)C(N)=O. The van der Waals surface area contributed by atoms with Gasteiger partial charge in [-0.3, -0.25) is 9.59 Å². The quantitative estimate of drug-likeness (QED) is 0.738. The predicted molar refractivity (Wildman–Crippen MR) is 79.0 cm³/mol. The largest absolute Gasteiger partial charge is 0.483 e. The molecule has 3 N–H and O–H groups in total. The molecule has 0 bridgehead atoms. The molecule has 2 amide bonds. The Balaban J connectivity index is 2.52. The van der Waals surface area contributed by atoms with Gasteiger partial charge in [0, 0.05) is 13.7 Å². The van der Waals surface area contributed by atoms with Crippen molar-refractivity contribution in [1.29, 1.82) is 0 Å². The Morgan fingerprint density at radius 2 is 2.05 bits per heavy atom. The molecular formula is C15H22N2O4. The first-order chi connectivity index (χ1) is 9.93. The summed E-state index contributed by atoms with van der Waals surface area (Å²) in [6.45, 7) is 4.02. The van der Waals surface area contributed by atoms with Crippen molar-refractivity contribution in [1.82, 2.24) is 5.32 Å². The highest BCUT2D eigenvalue weighted by molar-refractivity contribution is 5.87. The van der Waals surface area contributed by atoms with E-state index in [4.69, 9.17) is 15.2 Å². The third kappa shape index (κ3) is 5.83. The average Bonchev–Trinajstić information content (AvgIpc) is 2.44. The van der Waals surface area contributed by atoms with Gasteiger partial charge in [-0.2, -0.15) is 0 Å². The van der Waals surface area contributed by atoms with Gasteiger partial charge in [-0.1, -0.05) is 12.1 Å². The maximum Gasteiger partial charge on any atom is 0.258 e. The van der Waals surface area contributed by atoms with Gasteiger partial charge in [0.15, 0.2) is 6.61 Å². The van der Waals surface area contributed by atoms with E-state index in [2.05, 4.69) is 5.32 Å². The van der Waals surface area contributed by atoms with Gasteiger partial charge in [0.1, 0.15) is 11.8 Å². The van der Waals surface area contributed by atoms with Crippen LogP contribution < -0.4 is 15.8 Å². The minimum absolute atomic E-state index is 0.166. The van der Waals surface area contributed by atoms with Crippen LogP contribution in [-0.2, 0) is 14.3 Å². The highest BCUT2D eigenvalue weighted by Crippen LogP contribution is 2.18. The van der Waals surface area contributed by atoms with Crippen LogP contribution in [0, 0.1) is 13.8 Å². The lowest BCUT2D eigenvalue weighted by molar-refractivity contribution is -0.128. The standard InChI is InChI=1S/C15H22N2O4/c1-10-4-5-11(2)13(8-10)21-9-14(18)17-12(15(16)19)6-7-20-3/h4-5,8,12H,6-7,9H2,1-3H3,(H2,16,19)(H,17,18). The van der Waals surface area contributed by atoms with E-state index < -0.39 is 17.9 Å². The van der Waals surface area contributed by atoms with Gasteiger partial charge in [0.2, 0.25) is 5.91 Å². The average molecular weight is 294 g/mol. The Hall–Kier alpha value is -2.08. The van der Waals surface area contributed by atoms with E-state index in [-0.39, 0.29) is 6.61 Å². The molecule has 0 saturated heterocycles. The molecule has 116 valence electrons. The zero-order valence-electron chi connectivity index (χ0n) is 12.6. The van der Waals surface area contributed by atoms with Crippen molar-refractivity contribution < 1.29 is 19.1 Å². The third-order valence-corrected chi connectivity index (χ3v) is 2.99. The molecule has 1 atom stereocenters. The Bertz CT molecular complexity index is 502. The second-order valence-electron chi connectivity index (χ2n) is 4.86. The molecule has 1 aromatic carbocycles. The summed E-state index contributed by atoms with van der Waals surface area (Å²) < 4.78 is 10.3. The van der Waals surface area contributed by atoms with Crippen molar-refractivity contribution in [2.24, 2.45) is 5.73 Å². The van der Waals surface area contributed by atoms with Crippen LogP contribution in [0.4, 0.5) is 0 Å².